The Balaban J connectivity index is 1.12. The molecule has 4 aliphatic carbocycles. The molecule has 6 heteroatoms. The second kappa shape index (κ2) is 10.4. The summed E-state index contributed by atoms with van der Waals surface area (Å²) in [7, 11) is -3.74. The predicted octanol–water partition coefficient (Wildman–Crippen LogP) is 6.46. The van der Waals surface area contributed by atoms with E-state index < -0.39 is 15.7 Å². The van der Waals surface area contributed by atoms with Crippen molar-refractivity contribution in [2.24, 2.45) is 40.9 Å². The van der Waals surface area contributed by atoms with Crippen LogP contribution in [0.3, 0.4) is 0 Å². The summed E-state index contributed by atoms with van der Waals surface area (Å²) in [5, 5.41) is 10.6. The Kier molecular flexibility index (Phi) is 7.67. The summed E-state index contributed by atoms with van der Waals surface area (Å²) in [6.07, 6.45) is 12.0. The number of rotatable bonds is 8. The van der Waals surface area contributed by atoms with E-state index in [9.17, 15) is 18.3 Å². The number of carbonyl (C=O) groups excluding carboxylic acids is 1. The van der Waals surface area contributed by atoms with Gasteiger partial charge in [-0.15, -0.1) is 0 Å². The maximum absolute atomic E-state index is 13.4. The SMILES string of the molecule is Cc1ccc(S(=O)(=O)OCCCCC(=O)[C@H]2CC[C@H]3[C@@H]4CC[C@@H]5C[C@](C)(O)CC[C@@H]5[C@H]4CC[C@]23C)cc1. The van der Waals surface area contributed by atoms with Crippen molar-refractivity contribution >= 4 is 15.9 Å². The Labute approximate surface area is 223 Å². The van der Waals surface area contributed by atoms with Crippen LogP contribution in [0, 0.1) is 47.8 Å². The molecule has 4 saturated carbocycles. The van der Waals surface area contributed by atoms with Crippen molar-refractivity contribution in [3.63, 3.8) is 0 Å². The lowest BCUT2D eigenvalue weighted by atomic mass is 9.49. The second-order valence-corrected chi connectivity index (χ2v) is 15.0. The molecule has 206 valence electrons. The van der Waals surface area contributed by atoms with E-state index in [0.29, 0.717) is 36.9 Å². The van der Waals surface area contributed by atoms with Gasteiger partial charge < -0.3 is 5.11 Å². The van der Waals surface area contributed by atoms with Crippen LogP contribution >= 0.6 is 0 Å². The summed E-state index contributed by atoms with van der Waals surface area (Å²) < 4.78 is 30.0. The second-order valence-electron chi connectivity index (χ2n) is 13.4. The van der Waals surface area contributed by atoms with E-state index in [1.165, 1.54) is 32.1 Å². The van der Waals surface area contributed by atoms with Crippen LogP contribution in [0.2, 0.25) is 0 Å². The molecule has 4 aliphatic rings. The number of hydrogen-bond donors (Lipinski definition) is 1. The average molecular weight is 531 g/mol. The molecule has 1 N–H and O–H groups in total. The predicted molar refractivity (Wildman–Crippen MR) is 144 cm³/mol. The average Bonchev–Trinajstić information content (AvgIpc) is 3.20. The van der Waals surface area contributed by atoms with Crippen molar-refractivity contribution in [3.8, 4) is 0 Å². The van der Waals surface area contributed by atoms with Gasteiger partial charge in [0.15, 0.2) is 0 Å². The van der Waals surface area contributed by atoms with Gasteiger partial charge >= 0.3 is 0 Å². The molecule has 1 aromatic carbocycles. The Hall–Kier alpha value is -1.24. The summed E-state index contributed by atoms with van der Waals surface area (Å²) >= 11 is 0. The molecular formula is C31H46O5S. The molecule has 0 heterocycles. The first-order valence-electron chi connectivity index (χ1n) is 14.7. The fraction of sp³-hybridized carbons (Fsp3) is 0.774. The van der Waals surface area contributed by atoms with Gasteiger partial charge in [0.25, 0.3) is 10.1 Å². The standard InChI is InChI=1S/C31H46O5S/c1-21-7-10-23(11-8-21)37(34,35)36-19-5-4-6-29(32)28-14-13-27-26-12-9-22-20-30(2,33)17-15-24(22)25(26)16-18-31(27,28)3/h7-8,10-11,22,24-28,33H,4-6,9,12-20H2,1-3H3/t22-,24+,25-,26-,27+,28-,30-,31+/m1/s1. The van der Waals surface area contributed by atoms with Crippen LogP contribution < -0.4 is 0 Å². The Morgan fingerprint density at radius 2 is 1.68 bits per heavy atom. The third kappa shape index (κ3) is 5.45. The van der Waals surface area contributed by atoms with Crippen LogP contribution in [0.1, 0.15) is 96.5 Å². The first kappa shape index (κ1) is 27.3. The quantitative estimate of drug-likeness (QED) is 0.308. The molecule has 0 aliphatic heterocycles. The molecule has 0 aromatic heterocycles. The van der Waals surface area contributed by atoms with Gasteiger partial charge in [0.2, 0.25) is 0 Å². The van der Waals surface area contributed by atoms with Crippen LogP contribution in [-0.4, -0.2) is 31.5 Å². The largest absolute Gasteiger partial charge is 0.390 e. The highest BCUT2D eigenvalue weighted by molar-refractivity contribution is 7.86. The number of benzene rings is 1. The van der Waals surface area contributed by atoms with Gasteiger partial charge in [-0.1, -0.05) is 24.6 Å². The molecular weight excluding hydrogens is 484 g/mol. The molecule has 5 nitrogen and oxygen atoms in total. The third-order valence-corrected chi connectivity index (χ3v) is 12.3. The van der Waals surface area contributed by atoms with E-state index in [0.717, 1.165) is 49.0 Å². The van der Waals surface area contributed by atoms with E-state index in [2.05, 4.69) is 6.92 Å². The summed E-state index contributed by atoms with van der Waals surface area (Å²) in [5.74, 6) is 4.19. The van der Waals surface area contributed by atoms with Gasteiger partial charge in [0.1, 0.15) is 5.78 Å². The first-order chi connectivity index (χ1) is 17.5. The number of aliphatic hydroxyl groups is 1. The van der Waals surface area contributed by atoms with Crippen LogP contribution in [-0.2, 0) is 19.1 Å². The molecule has 0 unspecified atom stereocenters. The molecule has 5 rings (SSSR count). The third-order valence-electron chi connectivity index (χ3n) is 11.0. The van der Waals surface area contributed by atoms with Crippen molar-refractivity contribution in [2.75, 3.05) is 6.61 Å². The highest BCUT2D eigenvalue weighted by Gasteiger charge is 2.58. The molecule has 4 fully saturated rings. The number of carbonyl (C=O) groups is 1. The molecule has 0 bridgehead atoms. The molecule has 0 saturated heterocycles. The van der Waals surface area contributed by atoms with Gasteiger partial charge in [0, 0.05) is 12.3 Å². The number of Topliss-reactive ketones (excluding diaryl/α,β-unsaturated/α-hetero) is 1. The fourth-order valence-corrected chi connectivity index (χ4v) is 10.1. The zero-order valence-corrected chi connectivity index (χ0v) is 23.8. The summed E-state index contributed by atoms with van der Waals surface area (Å²) in [6, 6.07) is 6.68. The van der Waals surface area contributed by atoms with Crippen molar-refractivity contribution in [1.82, 2.24) is 0 Å². The van der Waals surface area contributed by atoms with Gasteiger partial charge in [0.05, 0.1) is 17.1 Å². The lowest BCUT2D eigenvalue weighted by Crippen LogP contribution is -2.51. The molecule has 37 heavy (non-hydrogen) atoms. The maximum Gasteiger partial charge on any atom is 0.296 e. The van der Waals surface area contributed by atoms with Gasteiger partial charge in [-0.05, 0) is 132 Å². The van der Waals surface area contributed by atoms with Gasteiger partial charge in [-0.25, -0.2) is 0 Å². The number of aryl methyl sites for hydroxylation is 1. The summed E-state index contributed by atoms with van der Waals surface area (Å²) in [5.41, 5.74) is 0.652. The Morgan fingerprint density at radius 1 is 0.946 bits per heavy atom. The number of ketones is 1. The maximum atomic E-state index is 13.4. The summed E-state index contributed by atoms with van der Waals surface area (Å²) in [6.45, 7) is 6.46. The minimum atomic E-state index is -3.74. The highest BCUT2D eigenvalue weighted by atomic mass is 32.2. The van der Waals surface area contributed by atoms with E-state index >= 15 is 0 Å². The zero-order valence-electron chi connectivity index (χ0n) is 23.0. The molecule has 0 radical (unpaired) electrons. The van der Waals surface area contributed by atoms with Crippen molar-refractivity contribution in [3.05, 3.63) is 29.8 Å². The first-order valence-corrected chi connectivity index (χ1v) is 16.1. The zero-order chi connectivity index (χ0) is 26.4. The highest BCUT2D eigenvalue weighted by Crippen LogP contribution is 2.64. The van der Waals surface area contributed by atoms with Gasteiger partial charge in [-0.3, -0.25) is 8.98 Å². The minimum absolute atomic E-state index is 0.118. The molecule has 0 amide bonds. The fourth-order valence-electron chi connectivity index (χ4n) is 9.13. The van der Waals surface area contributed by atoms with E-state index in [-0.39, 0.29) is 22.8 Å². The van der Waals surface area contributed by atoms with Crippen LogP contribution in [0.15, 0.2) is 29.2 Å². The van der Waals surface area contributed by atoms with Crippen molar-refractivity contribution in [2.45, 2.75) is 108 Å². The number of hydrogen-bond acceptors (Lipinski definition) is 5. The monoisotopic (exact) mass is 530 g/mol. The van der Waals surface area contributed by atoms with E-state index in [4.69, 9.17) is 4.18 Å². The minimum Gasteiger partial charge on any atom is -0.390 e. The van der Waals surface area contributed by atoms with Crippen LogP contribution in [0.4, 0.5) is 0 Å². The molecule has 8 atom stereocenters. The normalized spacial score (nSPS) is 39.5. The Morgan fingerprint density at radius 3 is 2.43 bits per heavy atom. The molecule has 0 spiro atoms. The summed E-state index contributed by atoms with van der Waals surface area (Å²) in [4.78, 5) is 13.6. The van der Waals surface area contributed by atoms with Gasteiger partial charge in [-0.2, -0.15) is 8.42 Å². The number of unbranched alkanes of at least 4 members (excludes halogenated alkanes) is 1. The molecule has 1 aromatic rings. The topological polar surface area (TPSA) is 80.7 Å². The lowest BCUT2D eigenvalue weighted by Gasteiger charge is -2.56. The van der Waals surface area contributed by atoms with E-state index in [1.54, 1.807) is 24.3 Å². The van der Waals surface area contributed by atoms with Crippen LogP contribution in [0.25, 0.3) is 0 Å². The van der Waals surface area contributed by atoms with Crippen molar-refractivity contribution < 1.29 is 22.5 Å². The van der Waals surface area contributed by atoms with Crippen LogP contribution in [0.5, 0.6) is 0 Å². The number of fused-ring (bicyclic) bond motifs is 5. The lowest BCUT2D eigenvalue weighted by molar-refractivity contribution is -0.132. The smallest absolute Gasteiger partial charge is 0.296 e. The van der Waals surface area contributed by atoms with Crippen molar-refractivity contribution in [1.29, 1.82) is 0 Å². The van der Waals surface area contributed by atoms with E-state index in [1.807, 2.05) is 13.8 Å². The Bertz CT molecular complexity index is 1080.